The topological polar surface area (TPSA) is 93.2 Å². The van der Waals surface area contributed by atoms with Crippen LogP contribution in [0.3, 0.4) is 0 Å². The van der Waals surface area contributed by atoms with Gasteiger partial charge in [-0.1, -0.05) is 60.7 Å². The van der Waals surface area contributed by atoms with E-state index in [9.17, 15) is 10.1 Å². The number of rotatable bonds is 6. The zero-order chi connectivity index (χ0) is 19.9. The van der Waals surface area contributed by atoms with E-state index in [4.69, 9.17) is 18.0 Å². The van der Waals surface area contributed by atoms with Crippen LogP contribution in [0.15, 0.2) is 84.9 Å². The zero-order valence-electron chi connectivity index (χ0n) is 15.0. The van der Waals surface area contributed by atoms with Crippen LogP contribution in [0.2, 0.25) is 0 Å². The number of hydrogen-bond acceptors (Lipinski definition) is 4. The van der Waals surface area contributed by atoms with Gasteiger partial charge in [-0.05, 0) is 35.5 Å². The van der Waals surface area contributed by atoms with E-state index < -0.39 is 4.92 Å². The minimum atomic E-state index is -0.440. The van der Waals surface area contributed by atoms with Crippen molar-refractivity contribution in [3.8, 4) is 0 Å². The van der Waals surface area contributed by atoms with Crippen molar-refractivity contribution in [3.05, 3.63) is 106 Å². The van der Waals surface area contributed by atoms with Crippen LogP contribution in [-0.4, -0.2) is 10.0 Å². The lowest BCUT2D eigenvalue weighted by Gasteiger charge is -2.27. The lowest BCUT2D eigenvalue weighted by Crippen LogP contribution is -2.38. The number of non-ortho nitro benzene ring substituents is 1. The maximum absolute atomic E-state index is 10.8. The van der Waals surface area contributed by atoms with Crippen molar-refractivity contribution in [1.82, 2.24) is 5.32 Å². The van der Waals surface area contributed by atoms with Crippen LogP contribution in [0, 0.1) is 10.1 Å². The van der Waals surface area contributed by atoms with Crippen molar-refractivity contribution in [1.29, 1.82) is 0 Å². The second-order valence-electron chi connectivity index (χ2n) is 6.23. The van der Waals surface area contributed by atoms with Gasteiger partial charge in [0.15, 0.2) is 5.11 Å². The fourth-order valence-corrected chi connectivity index (χ4v) is 3.13. The first-order valence-corrected chi connectivity index (χ1v) is 9.13. The molecule has 142 valence electrons. The van der Waals surface area contributed by atoms with E-state index in [1.54, 1.807) is 12.1 Å². The Bertz CT molecular complexity index is 934. The Labute approximate surface area is 168 Å². The zero-order valence-corrected chi connectivity index (χ0v) is 15.8. The van der Waals surface area contributed by atoms with Gasteiger partial charge < -0.3 is 16.4 Å². The molecule has 0 radical (unpaired) electrons. The number of nitrogens with one attached hydrogen (secondary N) is 2. The lowest BCUT2D eigenvalue weighted by atomic mass is 9.94. The summed E-state index contributed by atoms with van der Waals surface area (Å²) in [6.45, 7) is 0. The molecule has 0 aliphatic heterocycles. The third-order valence-corrected chi connectivity index (χ3v) is 4.54. The fourth-order valence-electron chi connectivity index (χ4n) is 2.88. The molecule has 0 saturated carbocycles. The predicted octanol–water partition coefficient (Wildman–Crippen LogP) is 4.32. The molecule has 0 bridgehead atoms. The van der Waals surface area contributed by atoms with Gasteiger partial charge in [-0.25, -0.2) is 0 Å². The average molecular weight is 392 g/mol. The average Bonchev–Trinajstić information content (AvgIpc) is 2.73. The predicted molar refractivity (Wildman–Crippen MR) is 115 cm³/mol. The Morgan fingerprint density at radius 3 is 1.96 bits per heavy atom. The molecule has 3 aromatic rings. The molecule has 0 fully saturated rings. The second kappa shape index (κ2) is 9.07. The number of nitro groups is 1. The van der Waals surface area contributed by atoms with Crippen molar-refractivity contribution in [2.45, 2.75) is 12.1 Å². The van der Waals surface area contributed by atoms with Crippen molar-refractivity contribution in [2.24, 2.45) is 5.73 Å². The Morgan fingerprint density at radius 1 is 0.893 bits per heavy atom. The molecule has 2 atom stereocenters. The van der Waals surface area contributed by atoms with E-state index in [0.29, 0.717) is 10.8 Å². The van der Waals surface area contributed by atoms with Crippen LogP contribution in [-0.2, 0) is 0 Å². The molecular formula is C21H20N4O2S. The van der Waals surface area contributed by atoms with Gasteiger partial charge in [0.1, 0.15) is 0 Å². The summed E-state index contributed by atoms with van der Waals surface area (Å²) in [4.78, 5) is 10.3. The molecule has 0 aliphatic rings. The fraction of sp³-hybridized carbons (Fsp3) is 0.0952. The molecule has 0 aliphatic carbocycles. The maximum atomic E-state index is 10.8. The number of benzene rings is 3. The summed E-state index contributed by atoms with van der Waals surface area (Å²) in [5.74, 6) is 0. The van der Waals surface area contributed by atoms with Crippen LogP contribution in [0.1, 0.15) is 23.2 Å². The Morgan fingerprint density at radius 2 is 1.43 bits per heavy atom. The summed E-state index contributed by atoms with van der Waals surface area (Å²) in [6.07, 6.45) is 0. The van der Waals surface area contributed by atoms with Crippen molar-refractivity contribution in [2.75, 3.05) is 5.32 Å². The summed E-state index contributed by atoms with van der Waals surface area (Å²) < 4.78 is 0. The first-order chi connectivity index (χ1) is 13.5. The minimum absolute atomic E-state index is 0.0256. The molecule has 6 nitrogen and oxygen atoms in total. The van der Waals surface area contributed by atoms with Crippen molar-refractivity contribution >= 4 is 28.7 Å². The molecule has 4 N–H and O–H groups in total. The van der Waals surface area contributed by atoms with E-state index >= 15 is 0 Å². The van der Waals surface area contributed by atoms with Crippen molar-refractivity contribution in [3.63, 3.8) is 0 Å². The molecular weight excluding hydrogens is 372 g/mol. The highest BCUT2D eigenvalue weighted by Gasteiger charge is 2.22. The number of anilines is 1. The quantitative estimate of drug-likeness (QED) is 0.329. The highest BCUT2D eigenvalue weighted by Crippen LogP contribution is 2.27. The summed E-state index contributed by atoms with van der Waals surface area (Å²) in [6, 6.07) is 25.2. The van der Waals surface area contributed by atoms with E-state index in [1.807, 2.05) is 60.7 Å². The smallest absolute Gasteiger partial charge is 0.269 e. The van der Waals surface area contributed by atoms with Gasteiger partial charge in [0.05, 0.1) is 17.0 Å². The molecule has 3 aromatic carbocycles. The van der Waals surface area contributed by atoms with Crippen LogP contribution in [0.4, 0.5) is 11.4 Å². The number of thiocarbonyl (C=S) groups is 1. The highest BCUT2D eigenvalue weighted by molar-refractivity contribution is 7.80. The highest BCUT2D eigenvalue weighted by atomic mass is 32.1. The number of nitrogens with two attached hydrogens (primary N) is 1. The number of hydrogen-bond donors (Lipinski definition) is 3. The first kappa shape index (κ1) is 19.5. The Kier molecular flexibility index (Phi) is 6.31. The van der Waals surface area contributed by atoms with Crippen LogP contribution >= 0.6 is 12.2 Å². The molecule has 0 amide bonds. The van der Waals surface area contributed by atoms with Crippen LogP contribution in [0.25, 0.3) is 0 Å². The molecule has 0 saturated heterocycles. The maximum Gasteiger partial charge on any atom is 0.269 e. The van der Waals surface area contributed by atoms with E-state index in [1.165, 1.54) is 12.1 Å². The van der Waals surface area contributed by atoms with Crippen molar-refractivity contribution < 1.29 is 4.92 Å². The molecule has 0 aromatic heterocycles. The molecule has 0 heterocycles. The largest absolute Gasteiger partial charge is 0.354 e. The minimum Gasteiger partial charge on any atom is -0.354 e. The number of nitrogens with zero attached hydrogens (tertiary/aromatic N) is 1. The molecule has 0 spiro atoms. The Balaban J connectivity index is 1.77. The molecule has 28 heavy (non-hydrogen) atoms. The van der Waals surface area contributed by atoms with E-state index in [0.717, 1.165) is 11.1 Å². The molecule has 3 rings (SSSR count). The van der Waals surface area contributed by atoms with Gasteiger partial charge >= 0.3 is 0 Å². The third kappa shape index (κ3) is 4.91. The Hall–Kier alpha value is -3.29. The van der Waals surface area contributed by atoms with Gasteiger partial charge in [-0.2, -0.15) is 0 Å². The normalized spacial score (nSPS) is 12.6. The van der Waals surface area contributed by atoms with Crippen LogP contribution < -0.4 is 16.4 Å². The van der Waals surface area contributed by atoms with Gasteiger partial charge in [0, 0.05) is 17.8 Å². The summed E-state index contributed by atoms with van der Waals surface area (Å²) in [7, 11) is 0. The van der Waals surface area contributed by atoms with Gasteiger partial charge in [-0.15, -0.1) is 0 Å². The number of nitro benzene ring substituents is 1. The van der Waals surface area contributed by atoms with Gasteiger partial charge in [0.2, 0.25) is 0 Å². The van der Waals surface area contributed by atoms with Gasteiger partial charge in [0.25, 0.3) is 5.69 Å². The summed E-state index contributed by atoms with van der Waals surface area (Å²) in [5, 5.41) is 17.5. The molecule has 2 unspecified atom stereocenters. The monoisotopic (exact) mass is 392 g/mol. The third-order valence-electron chi connectivity index (χ3n) is 4.32. The standard InChI is InChI=1S/C21H20N4O2S/c22-19(15-7-3-1-4-8-15)20(16-9-5-2-6-10-16)24-21(28)23-17-11-13-18(14-12-17)25(26)27/h1-14,19-20H,22H2,(H2,23,24,28). The van der Waals surface area contributed by atoms with Gasteiger partial charge in [-0.3, -0.25) is 10.1 Å². The lowest BCUT2D eigenvalue weighted by molar-refractivity contribution is -0.384. The second-order valence-corrected chi connectivity index (χ2v) is 6.64. The first-order valence-electron chi connectivity index (χ1n) is 8.72. The van der Waals surface area contributed by atoms with E-state index in [-0.39, 0.29) is 17.8 Å². The van der Waals surface area contributed by atoms with E-state index in [2.05, 4.69) is 10.6 Å². The summed E-state index contributed by atoms with van der Waals surface area (Å²) >= 11 is 5.45. The van der Waals surface area contributed by atoms with Crippen LogP contribution in [0.5, 0.6) is 0 Å². The molecule has 7 heteroatoms. The SMILES string of the molecule is NC(c1ccccc1)C(NC(=S)Nc1ccc([N+](=O)[O-])cc1)c1ccccc1. The summed E-state index contributed by atoms with van der Waals surface area (Å²) in [5.41, 5.74) is 9.22.